The van der Waals surface area contributed by atoms with E-state index in [-0.39, 0.29) is 5.56 Å². The van der Waals surface area contributed by atoms with Crippen molar-refractivity contribution in [1.29, 1.82) is 0 Å². The van der Waals surface area contributed by atoms with Crippen LogP contribution in [0.4, 0.5) is 0 Å². The molecule has 10 heteroatoms. The van der Waals surface area contributed by atoms with E-state index in [4.69, 9.17) is 31.2 Å². The number of methoxy groups -OCH3 is 2. The summed E-state index contributed by atoms with van der Waals surface area (Å²) in [6.07, 6.45) is 0.747. The first kappa shape index (κ1) is 25.9. The van der Waals surface area contributed by atoms with Crippen LogP contribution in [0.5, 0.6) is 23.0 Å². The van der Waals surface area contributed by atoms with Crippen molar-refractivity contribution in [3.63, 3.8) is 0 Å². The van der Waals surface area contributed by atoms with Gasteiger partial charge in [0.25, 0.3) is 5.56 Å². The maximum Gasteiger partial charge on any atom is 0.253 e. The number of fused-ring (bicyclic) bond motifs is 2. The van der Waals surface area contributed by atoms with Gasteiger partial charge in [-0.05, 0) is 59.9 Å². The number of aromatic nitrogens is 1. The van der Waals surface area contributed by atoms with Crippen LogP contribution in [0.2, 0.25) is 0 Å². The number of thiophene rings is 1. The first-order valence-corrected chi connectivity index (χ1v) is 13.5. The van der Waals surface area contributed by atoms with Gasteiger partial charge in [0, 0.05) is 28.4 Å². The van der Waals surface area contributed by atoms with Gasteiger partial charge in [0.2, 0.25) is 0 Å². The zero-order valence-corrected chi connectivity index (χ0v) is 22.9. The molecule has 0 saturated heterocycles. The Morgan fingerprint density at radius 1 is 1.05 bits per heavy atom. The monoisotopic (exact) mass is 551 g/mol. The summed E-state index contributed by atoms with van der Waals surface area (Å²) in [6, 6.07) is 15.6. The van der Waals surface area contributed by atoms with Gasteiger partial charge >= 0.3 is 0 Å². The number of ether oxygens (including phenoxy) is 4. The van der Waals surface area contributed by atoms with Crippen molar-refractivity contribution < 1.29 is 18.9 Å². The molecule has 0 fully saturated rings. The third kappa shape index (κ3) is 5.87. The Hall–Kier alpha value is -3.76. The minimum absolute atomic E-state index is 0.154. The molecule has 0 atom stereocenters. The maximum atomic E-state index is 13.0. The van der Waals surface area contributed by atoms with E-state index in [9.17, 15) is 4.79 Å². The highest BCUT2D eigenvalue weighted by Gasteiger charge is 2.17. The number of hydrogen-bond acceptors (Lipinski definition) is 7. The first-order valence-electron chi connectivity index (χ1n) is 12.3. The van der Waals surface area contributed by atoms with Gasteiger partial charge in [-0.3, -0.25) is 4.79 Å². The lowest BCUT2D eigenvalue weighted by Gasteiger charge is -2.25. The molecular weight excluding hydrogens is 522 g/mol. The zero-order valence-electron chi connectivity index (χ0n) is 21.2. The lowest BCUT2D eigenvalue weighted by molar-refractivity contribution is 0.172. The standard InChI is InChI=1S/C28H29N3O5S2/c1-33-23-6-5-18(12-24(23)34-2)7-8-29-28(37)31(17-21-4-3-11-38-21)16-20-13-19-14-25-26(36-10-9-35-25)15-22(19)30-27(20)32/h3-6,11-15H,7-10,16-17H2,1-2H3,(H,29,37)(H,30,32). The number of H-pyrrole nitrogens is 1. The van der Waals surface area contributed by atoms with Crippen LogP contribution in [-0.2, 0) is 19.5 Å². The number of hydrogen-bond donors (Lipinski definition) is 2. The van der Waals surface area contributed by atoms with E-state index >= 15 is 0 Å². The van der Waals surface area contributed by atoms with Crippen molar-refractivity contribution in [3.8, 4) is 23.0 Å². The van der Waals surface area contributed by atoms with Gasteiger partial charge in [0.1, 0.15) is 13.2 Å². The highest BCUT2D eigenvalue weighted by atomic mass is 32.1. The molecule has 1 aliphatic heterocycles. The predicted octanol–water partition coefficient (Wildman–Crippen LogP) is 4.50. The smallest absolute Gasteiger partial charge is 0.253 e. The summed E-state index contributed by atoms with van der Waals surface area (Å²) in [4.78, 5) is 19.2. The van der Waals surface area contributed by atoms with E-state index in [1.807, 2.05) is 52.7 Å². The SMILES string of the molecule is COc1ccc(CCNC(=S)N(Cc2cccs2)Cc2cc3cc4c(cc3[nH]c2=O)OCCO4)cc1OC. The molecule has 0 spiro atoms. The van der Waals surface area contributed by atoms with Crippen LogP contribution >= 0.6 is 23.6 Å². The molecule has 0 radical (unpaired) electrons. The topological polar surface area (TPSA) is 85.1 Å². The zero-order chi connectivity index (χ0) is 26.5. The van der Waals surface area contributed by atoms with E-state index in [1.165, 1.54) is 0 Å². The second-order valence-electron chi connectivity index (χ2n) is 8.81. The lowest BCUT2D eigenvalue weighted by atomic mass is 10.1. The van der Waals surface area contributed by atoms with E-state index in [0.29, 0.717) is 72.0 Å². The van der Waals surface area contributed by atoms with Gasteiger partial charge in [-0.1, -0.05) is 12.1 Å². The number of nitrogens with zero attached hydrogens (tertiary/aromatic N) is 1. The minimum Gasteiger partial charge on any atom is -0.493 e. The van der Waals surface area contributed by atoms with E-state index in [2.05, 4.69) is 16.4 Å². The molecule has 2 aromatic carbocycles. The van der Waals surface area contributed by atoms with Crippen molar-refractivity contribution in [2.24, 2.45) is 0 Å². The quantitative estimate of drug-likeness (QED) is 0.294. The Labute approximate surface area is 230 Å². The number of rotatable bonds is 9. The normalized spacial score (nSPS) is 12.3. The fraction of sp³-hybridized carbons (Fsp3) is 0.286. The molecule has 0 unspecified atom stereocenters. The molecule has 2 aromatic heterocycles. The van der Waals surface area contributed by atoms with Crippen molar-refractivity contribution in [3.05, 3.63) is 80.3 Å². The van der Waals surface area contributed by atoms with Crippen molar-refractivity contribution in [2.45, 2.75) is 19.5 Å². The van der Waals surface area contributed by atoms with Crippen LogP contribution in [0.3, 0.4) is 0 Å². The molecular formula is C28H29N3O5S2. The Morgan fingerprint density at radius 3 is 2.58 bits per heavy atom. The first-order chi connectivity index (χ1) is 18.5. The summed E-state index contributed by atoms with van der Waals surface area (Å²) < 4.78 is 22.1. The third-order valence-corrected chi connectivity index (χ3v) is 7.56. The van der Waals surface area contributed by atoms with Crippen molar-refractivity contribution >= 4 is 39.6 Å². The van der Waals surface area contributed by atoms with Gasteiger partial charge in [0.05, 0.1) is 32.8 Å². The highest BCUT2D eigenvalue weighted by molar-refractivity contribution is 7.80. The van der Waals surface area contributed by atoms with Gasteiger partial charge in [-0.15, -0.1) is 11.3 Å². The number of thiocarbonyl (C=S) groups is 1. The molecule has 0 bridgehead atoms. The molecule has 1 aliphatic rings. The Bertz CT molecular complexity index is 1490. The molecule has 0 amide bonds. The summed E-state index contributed by atoms with van der Waals surface area (Å²) in [5.74, 6) is 2.72. The van der Waals surface area contributed by atoms with Crippen LogP contribution in [0, 0.1) is 0 Å². The van der Waals surface area contributed by atoms with E-state index in [1.54, 1.807) is 25.6 Å². The molecule has 3 heterocycles. The summed E-state index contributed by atoms with van der Waals surface area (Å²) >= 11 is 7.45. The molecule has 198 valence electrons. The lowest BCUT2D eigenvalue weighted by Crippen LogP contribution is -2.40. The average molecular weight is 552 g/mol. The second-order valence-corrected chi connectivity index (χ2v) is 10.2. The number of nitrogens with one attached hydrogen (secondary N) is 2. The maximum absolute atomic E-state index is 13.0. The number of pyridine rings is 1. The van der Waals surface area contributed by atoms with Gasteiger partial charge < -0.3 is 34.1 Å². The summed E-state index contributed by atoms with van der Waals surface area (Å²) in [5.41, 5.74) is 2.28. The van der Waals surface area contributed by atoms with Crippen LogP contribution in [-0.4, -0.2) is 49.0 Å². The Balaban J connectivity index is 1.32. The van der Waals surface area contributed by atoms with Crippen molar-refractivity contribution in [1.82, 2.24) is 15.2 Å². The molecule has 2 N–H and O–H groups in total. The number of aromatic amines is 1. The molecule has 8 nitrogen and oxygen atoms in total. The van der Waals surface area contributed by atoms with Crippen LogP contribution in [0.25, 0.3) is 10.9 Å². The summed E-state index contributed by atoms with van der Waals surface area (Å²) in [7, 11) is 3.25. The summed E-state index contributed by atoms with van der Waals surface area (Å²) in [6.45, 7) is 2.59. The molecule has 0 saturated carbocycles. The van der Waals surface area contributed by atoms with Gasteiger partial charge in [-0.2, -0.15) is 0 Å². The molecule has 38 heavy (non-hydrogen) atoms. The molecule has 0 aliphatic carbocycles. The molecule has 5 rings (SSSR count). The van der Waals surface area contributed by atoms with Crippen molar-refractivity contribution in [2.75, 3.05) is 34.0 Å². The van der Waals surface area contributed by atoms with Gasteiger partial charge in [0.15, 0.2) is 28.1 Å². The molecule has 4 aromatic rings. The minimum atomic E-state index is -0.154. The Morgan fingerprint density at radius 2 is 1.84 bits per heavy atom. The van der Waals surface area contributed by atoms with Crippen LogP contribution in [0.15, 0.2) is 58.7 Å². The van der Waals surface area contributed by atoms with Gasteiger partial charge in [-0.25, -0.2) is 0 Å². The second kappa shape index (κ2) is 11.7. The van der Waals surface area contributed by atoms with Crippen LogP contribution in [0.1, 0.15) is 16.0 Å². The van der Waals surface area contributed by atoms with E-state index in [0.717, 1.165) is 22.2 Å². The predicted molar refractivity (Wildman–Crippen MR) is 153 cm³/mol. The van der Waals surface area contributed by atoms with Crippen LogP contribution < -0.4 is 29.8 Å². The fourth-order valence-electron chi connectivity index (χ4n) is 4.36. The number of benzene rings is 2. The van der Waals surface area contributed by atoms with E-state index < -0.39 is 0 Å². The fourth-order valence-corrected chi connectivity index (χ4v) is 5.31. The Kier molecular flexibility index (Phi) is 8.00. The average Bonchev–Trinajstić information content (AvgIpc) is 3.45. The third-order valence-electron chi connectivity index (χ3n) is 6.30. The summed E-state index contributed by atoms with van der Waals surface area (Å²) in [5, 5.41) is 6.87. The largest absolute Gasteiger partial charge is 0.493 e. The highest BCUT2D eigenvalue weighted by Crippen LogP contribution is 2.34.